The summed E-state index contributed by atoms with van der Waals surface area (Å²) in [5, 5.41) is 0. The average Bonchev–Trinajstić information content (AvgIpc) is 3.11. The summed E-state index contributed by atoms with van der Waals surface area (Å²) in [6.45, 7) is 2.21. The van der Waals surface area contributed by atoms with Crippen molar-refractivity contribution < 1.29 is 0 Å². The van der Waals surface area contributed by atoms with E-state index in [1.165, 1.54) is 23.5 Å². The number of fused-ring (bicyclic) bond motifs is 1. The van der Waals surface area contributed by atoms with Gasteiger partial charge in [0, 0.05) is 16.5 Å². The lowest BCUT2D eigenvalue weighted by atomic mass is 10.2. The first-order chi connectivity index (χ1) is 10.1. The molecule has 1 aliphatic rings. The summed E-state index contributed by atoms with van der Waals surface area (Å²) in [6, 6.07) is 10.3. The van der Waals surface area contributed by atoms with Crippen LogP contribution in [0, 0.1) is 0 Å². The van der Waals surface area contributed by atoms with E-state index in [2.05, 4.69) is 23.6 Å². The summed E-state index contributed by atoms with van der Waals surface area (Å²) in [4.78, 5) is 6.11. The van der Waals surface area contributed by atoms with Gasteiger partial charge >= 0.3 is 0 Å². The van der Waals surface area contributed by atoms with Gasteiger partial charge in [-0.15, -0.1) is 11.3 Å². The first-order valence-corrected chi connectivity index (χ1v) is 8.35. The molecule has 2 N–H and O–H groups in total. The SMILES string of the molecule is CC(c1ccc(Cl)s1)n1c(C2CC2)nc2cc(N)ccc21. The molecule has 0 bridgehead atoms. The van der Waals surface area contributed by atoms with Crippen molar-refractivity contribution in [3.05, 3.63) is 45.4 Å². The van der Waals surface area contributed by atoms with Gasteiger partial charge in [-0.05, 0) is 50.1 Å². The van der Waals surface area contributed by atoms with Crippen LogP contribution in [0.5, 0.6) is 0 Å². The first kappa shape index (κ1) is 13.2. The Balaban J connectivity index is 1.91. The van der Waals surface area contributed by atoms with Crippen molar-refractivity contribution >= 4 is 39.7 Å². The zero-order chi connectivity index (χ0) is 14.6. The van der Waals surface area contributed by atoms with Crippen molar-refractivity contribution in [1.29, 1.82) is 0 Å². The monoisotopic (exact) mass is 317 g/mol. The van der Waals surface area contributed by atoms with Crippen LogP contribution < -0.4 is 5.73 Å². The van der Waals surface area contributed by atoms with Crippen LogP contribution in [0.25, 0.3) is 11.0 Å². The molecule has 1 aromatic carbocycles. The highest BCUT2D eigenvalue weighted by Crippen LogP contribution is 2.43. The normalized spacial score (nSPS) is 16.5. The number of hydrogen-bond donors (Lipinski definition) is 1. The number of anilines is 1. The zero-order valence-electron chi connectivity index (χ0n) is 11.7. The van der Waals surface area contributed by atoms with Crippen LogP contribution in [0.4, 0.5) is 5.69 Å². The molecular formula is C16H16ClN3S. The van der Waals surface area contributed by atoms with Crippen LogP contribution in [-0.4, -0.2) is 9.55 Å². The van der Waals surface area contributed by atoms with Crippen molar-refractivity contribution in [1.82, 2.24) is 9.55 Å². The second kappa shape index (κ2) is 4.75. The predicted molar refractivity (Wildman–Crippen MR) is 89.3 cm³/mol. The minimum Gasteiger partial charge on any atom is -0.399 e. The number of hydrogen-bond acceptors (Lipinski definition) is 3. The molecule has 3 aromatic rings. The van der Waals surface area contributed by atoms with E-state index in [4.69, 9.17) is 22.3 Å². The van der Waals surface area contributed by atoms with Gasteiger partial charge in [-0.3, -0.25) is 0 Å². The smallest absolute Gasteiger partial charge is 0.113 e. The number of nitrogen functional groups attached to an aromatic ring is 1. The number of rotatable bonds is 3. The topological polar surface area (TPSA) is 43.8 Å². The number of halogens is 1. The van der Waals surface area contributed by atoms with Crippen molar-refractivity contribution in [2.45, 2.75) is 31.7 Å². The van der Waals surface area contributed by atoms with Crippen LogP contribution in [0.2, 0.25) is 4.34 Å². The third kappa shape index (κ3) is 2.23. The third-order valence-electron chi connectivity index (χ3n) is 4.08. The van der Waals surface area contributed by atoms with Gasteiger partial charge in [-0.25, -0.2) is 4.98 Å². The summed E-state index contributed by atoms with van der Waals surface area (Å²) >= 11 is 7.74. The molecule has 0 saturated heterocycles. The molecule has 3 nitrogen and oxygen atoms in total. The summed E-state index contributed by atoms with van der Waals surface area (Å²) in [7, 11) is 0. The van der Waals surface area contributed by atoms with E-state index >= 15 is 0 Å². The molecule has 1 saturated carbocycles. The first-order valence-electron chi connectivity index (χ1n) is 7.16. The third-order valence-corrected chi connectivity index (χ3v) is 5.48. The number of nitrogens with two attached hydrogens (primary N) is 1. The predicted octanol–water partition coefficient (Wildman–Crippen LogP) is 4.82. The van der Waals surface area contributed by atoms with E-state index in [1.54, 1.807) is 11.3 Å². The number of aromatic nitrogens is 2. The lowest BCUT2D eigenvalue weighted by molar-refractivity contribution is 0.629. The molecule has 21 heavy (non-hydrogen) atoms. The minimum atomic E-state index is 0.242. The standard InChI is InChI=1S/C16H16ClN3S/c1-9(14-6-7-15(17)21-14)20-13-5-4-11(18)8-12(13)19-16(20)10-2-3-10/h4-10H,2-3,18H2,1H3. The molecule has 2 aromatic heterocycles. The Labute approximate surface area is 132 Å². The molecule has 0 radical (unpaired) electrons. The highest BCUT2D eigenvalue weighted by Gasteiger charge is 2.31. The summed E-state index contributed by atoms with van der Waals surface area (Å²) in [5.41, 5.74) is 8.81. The van der Waals surface area contributed by atoms with Crippen LogP contribution >= 0.6 is 22.9 Å². The Morgan fingerprint density at radius 3 is 2.81 bits per heavy atom. The molecule has 5 heteroatoms. The molecule has 1 atom stereocenters. The number of benzene rings is 1. The lowest BCUT2D eigenvalue weighted by Crippen LogP contribution is -2.08. The van der Waals surface area contributed by atoms with Crippen molar-refractivity contribution in [2.75, 3.05) is 5.73 Å². The van der Waals surface area contributed by atoms with E-state index in [0.717, 1.165) is 21.1 Å². The van der Waals surface area contributed by atoms with Gasteiger partial charge in [-0.1, -0.05) is 11.6 Å². The van der Waals surface area contributed by atoms with E-state index in [9.17, 15) is 0 Å². The fourth-order valence-electron chi connectivity index (χ4n) is 2.85. The van der Waals surface area contributed by atoms with E-state index in [1.807, 2.05) is 18.2 Å². The second-order valence-corrected chi connectivity index (χ2v) is 7.43. The van der Waals surface area contributed by atoms with Crippen molar-refractivity contribution in [2.24, 2.45) is 0 Å². The molecule has 1 aliphatic carbocycles. The number of thiophene rings is 1. The van der Waals surface area contributed by atoms with Crippen molar-refractivity contribution in [3.63, 3.8) is 0 Å². The van der Waals surface area contributed by atoms with Gasteiger partial charge in [0.1, 0.15) is 5.82 Å². The van der Waals surface area contributed by atoms with Crippen LogP contribution in [0.15, 0.2) is 30.3 Å². The Bertz CT molecular complexity index is 816. The van der Waals surface area contributed by atoms with Crippen molar-refractivity contribution in [3.8, 4) is 0 Å². The van der Waals surface area contributed by atoms with Crippen LogP contribution in [0.1, 0.15) is 42.4 Å². The van der Waals surface area contributed by atoms with E-state index < -0.39 is 0 Å². The Kier molecular flexibility index (Phi) is 2.98. The number of nitrogens with zero attached hydrogens (tertiary/aromatic N) is 2. The van der Waals surface area contributed by atoms with Gasteiger partial charge in [-0.2, -0.15) is 0 Å². The maximum absolute atomic E-state index is 6.10. The molecule has 0 amide bonds. The van der Waals surface area contributed by atoms with Gasteiger partial charge in [0.15, 0.2) is 0 Å². The molecule has 0 spiro atoms. The van der Waals surface area contributed by atoms with Crippen LogP contribution in [0.3, 0.4) is 0 Å². The quantitative estimate of drug-likeness (QED) is 0.704. The fraction of sp³-hybridized carbons (Fsp3) is 0.312. The summed E-state index contributed by atoms with van der Waals surface area (Å²) in [6.07, 6.45) is 2.47. The Morgan fingerprint density at radius 1 is 1.33 bits per heavy atom. The summed E-state index contributed by atoms with van der Waals surface area (Å²) in [5.74, 6) is 1.78. The Hall–Kier alpha value is -1.52. The maximum atomic E-state index is 6.10. The maximum Gasteiger partial charge on any atom is 0.113 e. The van der Waals surface area contributed by atoms with E-state index in [-0.39, 0.29) is 6.04 Å². The molecule has 2 heterocycles. The molecule has 1 fully saturated rings. The molecule has 0 aliphatic heterocycles. The fourth-order valence-corrected chi connectivity index (χ4v) is 3.95. The largest absolute Gasteiger partial charge is 0.399 e. The molecule has 4 rings (SSSR count). The minimum absolute atomic E-state index is 0.242. The highest BCUT2D eigenvalue weighted by atomic mass is 35.5. The summed E-state index contributed by atoms with van der Waals surface area (Å²) < 4.78 is 3.19. The molecular weight excluding hydrogens is 302 g/mol. The number of imidazole rings is 1. The molecule has 108 valence electrons. The van der Waals surface area contributed by atoms with Gasteiger partial charge in [0.05, 0.1) is 21.4 Å². The van der Waals surface area contributed by atoms with Gasteiger partial charge < -0.3 is 10.3 Å². The lowest BCUT2D eigenvalue weighted by Gasteiger charge is -2.16. The van der Waals surface area contributed by atoms with Crippen LogP contribution in [-0.2, 0) is 0 Å². The highest BCUT2D eigenvalue weighted by molar-refractivity contribution is 7.16. The van der Waals surface area contributed by atoms with Gasteiger partial charge in [0.25, 0.3) is 0 Å². The molecule has 1 unspecified atom stereocenters. The van der Waals surface area contributed by atoms with E-state index in [0.29, 0.717) is 5.92 Å². The second-order valence-electron chi connectivity index (χ2n) is 5.68. The Morgan fingerprint density at radius 2 is 2.14 bits per heavy atom. The van der Waals surface area contributed by atoms with Gasteiger partial charge in [0.2, 0.25) is 0 Å². The average molecular weight is 318 g/mol. The zero-order valence-corrected chi connectivity index (χ0v) is 13.3.